The number of aromatic amines is 2. The predicted octanol–water partition coefficient (Wildman–Crippen LogP) is 3.46. The van der Waals surface area contributed by atoms with Crippen LogP contribution in [0.4, 0.5) is 0 Å². The van der Waals surface area contributed by atoms with E-state index in [1.54, 1.807) is 11.3 Å². The van der Waals surface area contributed by atoms with Crippen LogP contribution in [-0.4, -0.2) is 16.5 Å². The third-order valence-electron chi connectivity index (χ3n) is 3.49. The summed E-state index contributed by atoms with van der Waals surface area (Å²) in [6, 6.07) is 10.2. The minimum Gasteiger partial charge on any atom is -0.310 e. The van der Waals surface area contributed by atoms with E-state index in [4.69, 9.17) is 11.6 Å². The highest BCUT2D eigenvalue weighted by Crippen LogP contribution is 2.22. The molecule has 0 amide bonds. The molecular formula is C15H16ClN3OS. The molecule has 0 saturated carbocycles. The molecule has 3 rings (SSSR count). The minimum atomic E-state index is -0.169. The fraction of sp³-hybridized carbons (Fsp3) is 0.267. The molecule has 0 fully saturated rings. The Labute approximate surface area is 131 Å². The van der Waals surface area contributed by atoms with Crippen LogP contribution in [-0.2, 0) is 6.42 Å². The molecule has 0 radical (unpaired) electrons. The average Bonchev–Trinajstić information content (AvgIpc) is 3.02. The number of benzene rings is 1. The molecule has 0 bridgehead atoms. The lowest BCUT2D eigenvalue weighted by atomic mass is 10.1. The summed E-state index contributed by atoms with van der Waals surface area (Å²) >= 11 is 7.54. The Morgan fingerprint density at radius 3 is 2.81 bits per heavy atom. The van der Waals surface area contributed by atoms with Crippen molar-refractivity contribution in [3.05, 3.63) is 55.6 Å². The minimum absolute atomic E-state index is 0.169. The van der Waals surface area contributed by atoms with Crippen molar-refractivity contribution < 1.29 is 0 Å². The van der Waals surface area contributed by atoms with Crippen LogP contribution >= 0.6 is 22.9 Å². The molecule has 1 aromatic carbocycles. The number of hydrogen-bond acceptors (Lipinski definition) is 3. The van der Waals surface area contributed by atoms with Crippen LogP contribution < -0.4 is 11.0 Å². The SMILES string of the molecule is CC(NCCc1ccc(Cl)s1)c1ccc2[nH]c(=O)[nH]c2c1. The number of halogens is 1. The molecule has 1 atom stereocenters. The summed E-state index contributed by atoms with van der Waals surface area (Å²) in [5, 5.41) is 3.49. The summed E-state index contributed by atoms with van der Waals surface area (Å²) in [5.74, 6) is 0. The van der Waals surface area contributed by atoms with E-state index in [9.17, 15) is 4.79 Å². The Morgan fingerprint density at radius 1 is 1.24 bits per heavy atom. The van der Waals surface area contributed by atoms with Crippen LogP contribution in [0.5, 0.6) is 0 Å². The topological polar surface area (TPSA) is 60.7 Å². The summed E-state index contributed by atoms with van der Waals surface area (Å²) in [5.41, 5.74) is 2.67. The highest BCUT2D eigenvalue weighted by Gasteiger charge is 2.07. The van der Waals surface area contributed by atoms with E-state index in [-0.39, 0.29) is 11.7 Å². The number of H-pyrrole nitrogens is 2. The van der Waals surface area contributed by atoms with Gasteiger partial charge in [-0.2, -0.15) is 0 Å². The van der Waals surface area contributed by atoms with Crippen molar-refractivity contribution in [1.82, 2.24) is 15.3 Å². The average molecular weight is 322 g/mol. The molecule has 0 aliphatic carbocycles. The Morgan fingerprint density at radius 2 is 2.05 bits per heavy atom. The standard InChI is InChI=1S/C15H16ClN3OS/c1-9(17-7-6-11-3-5-14(16)21-11)10-2-4-12-13(8-10)19-15(20)18-12/h2-5,8-9,17H,6-7H2,1H3,(H2,18,19,20). The maximum Gasteiger partial charge on any atom is 0.323 e. The Kier molecular flexibility index (Phi) is 4.14. The predicted molar refractivity (Wildman–Crippen MR) is 88.4 cm³/mol. The molecule has 110 valence electrons. The van der Waals surface area contributed by atoms with Gasteiger partial charge >= 0.3 is 5.69 Å². The maximum absolute atomic E-state index is 11.3. The Hall–Kier alpha value is -1.56. The van der Waals surface area contributed by atoms with E-state index >= 15 is 0 Å². The van der Waals surface area contributed by atoms with E-state index in [1.807, 2.05) is 24.3 Å². The van der Waals surface area contributed by atoms with Gasteiger partial charge in [-0.05, 0) is 43.2 Å². The van der Waals surface area contributed by atoms with Crippen molar-refractivity contribution >= 4 is 34.0 Å². The number of hydrogen-bond donors (Lipinski definition) is 3. The van der Waals surface area contributed by atoms with Gasteiger partial charge in [0, 0.05) is 17.5 Å². The molecule has 0 spiro atoms. The van der Waals surface area contributed by atoms with Crippen LogP contribution in [0.25, 0.3) is 11.0 Å². The van der Waals surface area contributed by atoms with Crippen molar-refractivity contribution in [1.29, 1.82) is 0 Å². The van der Waals surface area contributed by atoms with Gasteiger partial charge < -0.3 is 15.3 Å². The molecule has 4 nitrogen and oxygen atoms in total. The maximum atomic E-state index is 11.3. The molecule has 2 aromatic heterocycles. The third-order valence-corrected chi connectivity index (χ3v) is 4.78. The van der Waals surface area contributed by atoms with E-state index < -0.39 is 0 Å². The zero-order valence-electron chi connectivity index (χ0n) is 11.6. The summed E-state index contributed by atoms with van der Waals surface area (Å²) in [6.45, 7) is 3.01. The summed E-state index contributed by atoms with van der Waals surface area (Å²) in [4.78, 5) is 18.1. The highest BCUT2D eigenvalue weighted by atomic mass is 35.5. The van der Waals surface area contributed by atoms with Gasteiger partial charge in [0.2, 0.25) is 0 Å². The van der Waals surface area contributed by atoms with Gasteiger partial charge in [-0.3, -0.25) is 0 Å². The van der Waals surface area contributed by atoms with Crippen molar-refractivity contribution in [2.24, 2.45) is 0 Å². The van der Waals surface area contributed by atoms with Crippen molar-refractivity contribution in [2.75, 3.05) is 6.54 Å². The molecule has 3 N–H and O–H groups in total. The van der Waals surface area contributed by atoms with Crippen molar-refractivity contribution in [3.63, 3.8) is 0 Å². The molecule has 0 aliphatic heterocycles. The fourth-order valence-corrected chi connectivity index (χ4v) is 3.42. The molecule has 3 aromatic rings. The van der Waals surface area contributed by atoms with Gasteiger partial charge in [-0.15, -0.1) is 11.3 Å². The molecule has 0 saturated heterocycles. The molecule has 6 heteroatoms. The molecule has 0 aliphatic rings. The Bertz CT molecular complexity index is 804. The number of thiophene rings is 1. The van der Waals surface area contributed by atoms with E-state index in [0.717, 1.165) is 33.9 Å². The highest BCUT2D eigenvalue weighted by molar-refractivity contribution is 7.16. The van der Waals surface area contributed by atoms with Gasteiger partial charge in [0.25, 0.3) is 0 Å². The lowest BCUT2D eigenvalue weighted by Crippen LogP contribution is -2.21. The van der Waals surface area contributed by atoms with Crippen molar-refractivity contribution in [3.8, 4) is 0 Å². The largest absolute Gasteiger partial charge is 0.323 e. The first-order chi connectivity index (χ1) is 10.1. The second-order valence-corrected chi connectivity index (χ2v) is 6.82. The first-order valence-corrected chi connectivity index (χ1v) is 8.01. The third kappa shape index (κ3) is 3.37. The second-order valence-electron chi connectivity index (χ2n) is 5.02. The zero-order valence-corrected chi connectivity index (χ0v) is 13.1. The lowest BCUT2D eigenvalue weighted by Gasteiger charge is -2.14. The number of nitrogens with one attached hydrogen (secondary N) is 3. The normalized spacial score (nSPS) is 12.9. The number of rotatable bonds is 5. The van der Waals surface area contributed by atoms with Crippen LogP contribution in [0.3, 0.4) is 0 Å². The van der Waals surface area contributed by atoms with E-state index in [2.05, 4.69) is 28.3 Å². The Balaban J connectivity index is 1.63. The van der Waals surface area contributed by atoms with Crippen LogP contribution in [0.1, 0.15) is 23.4 Å². The summed E-state index contributed by atoms with van der Waals surface area (Å²) < 4.78 is 0.833. The van der Waals surface area contributed by atoms with E-state index in [0.29, 0.717) is 0 Å². The smallest absolute Gasteiger partial charge is 0.310 e. The molecule has 21 heavy (non-hydrogen) atoms. The van der Waals surface area contributed by atoms with Crippen LogP contribution in [0.2, 0.25) is 4.34 Å². The number of aromatic nitrogens is 2. The monoisotopic (exact) mass is 321 g/mol. The first kappa shape index (κ1) is 14.4. The first-order valence-electron chi connectivity index (χ1n) is 6.81. The number of imidazole rings is 1. The van der Waals surface area contributed by atoms with Crippen LogP contribution in [0.15, 0.2) is 35.1 Å². The lowest BCUT2D eigenvalue weighted by molar-refractivity contribution is 0.579. The van der Waals surface area contributed by atoms with Crippen LogP contribution in [0, 0.1) is 0 Å². The quantitative estimate of drug-likeness (QED) is 0.674. The number of fused-ring (bicyclic) bond motifs is 1. The van der Waals surface area contributed by atoms with Gasteiger partial charge in [-0.25, -0.2) is 4.79 Å². The van der Waals surface area contributed by atoms with Crippen molar-refractivity contribution in [2.45, 2.75) is 19.4 Å². The summed E-state index contributed by atoms with van der Waals surface area (Å²) in [6.07, 6.45) is 0.963. The van der Waals surface area contributed by atoms with Gasteiger partial charge in [0.15, 0.2) is 0 Å². The molecule has 1 unspecified atom stereocenters. The summed E-state index contributed by atoms with van der Waals surface area (Å²) in [7, 11) is 0. The fourth-order valence-electron chi connectivity index (χ4n) is 2.34. The second kappa shape index (κ2) is 6.05. The van der Waals surface area contributed by atoms with Gasteiger partial charge in [0.05, 0.1) is 15.4 Å². The molecular weight excluding hydrogens is 306 g/mol. The molecule has 2 heterocycles. The zero-order chi connectivity index (χ0) is 14.8. The van der Waals surface area contributed by atoms with E-state index in [1.165, 1.54) is 4.88 Å². The van der Waals surface area contributed by atoms with Gasteiger partial charge in [-0.1, -0.05) is 17.7 Å². The van der Waals surface area contributed by atoms with Gasteiger partial charge in [0.1, 0.15) is 0 Å².